The molecule has 306 valence electrons. The van der Waals surface area contributed by atoms with Gasteiger partial charge >= 0.3 is 35.5 Å². The second kappa shape index (κ2) is 19.3. The molecule has 0 saturated carbocycles. The maximum Gasteiger partial charge on any atom is 0.457 e. The molecule has 6 atom stereocenters. The van der Waals surface area contributed by atoms with Crippen LogP contribution in [0.3, 0.4) is 0 Å². The van der Waals surface area contributed by atoms with Crippen LogP contribution in [0.1, 0.15) is 102 Å². The van der Waals surface area contributed by atoms with Gasteiger partial charge in [-0.25, -0.2) is 9.59 Å². The van der Waals surface area contributed by atoms with Gasteiger partial charge in [0, 0.05) is 24.5 Å². The predicted octanol–water partition coefficient (Wildman–Crippen LogP) is 5.27. The third-order valence-electron chi connectivity index (χ3n) is 11.7. The van der Waals surface area contributed by atoms with Crippen molar-refractivity contribution in [3.63, 3.8) is 0 Å². The lowest BCUT2D eigenvalue weighted by molar-refractivity contribution is -0.160. The Bertz CT molecular complexity index is 1230. The maximum atomic E-state index is 13.1. The van der Waals surface area contributed by atoms with Crippen LogP contribution in [0.2, 0.25) is 12.6 Å². The number of aliphatic hydroxyl groups is 1. The van der Waals surface area contributed by atoms with Gasteiger partial charge in [-0.2, -0.15) is 0 Å². The highest BCUT2D eigenvalue weighted by molar-refractivity contribution is 9.69. The number of carboxylic acid groups (broad SMARTS) is 1. The summed E-state index contributed by atoms with van der Waals surface area (Å²) in [7, 11) is 1.23. The molecule has 3 fully saturated rings. The van der Waals surface area contributed by atoms with Crippen LogP contribution in [0.15, 0.2) is 0 Å². The predicted molar refractivity (Wildman–Crippen MR) is 217 cm³/mol. The zero-order chi connectivity index (χ0) is 41.6. The molecule has 0 unspecified atom stereocenters. The monoisotopic (exact) mass is 948 g/mol. The highest BCUT2D eigenvalue weighted by Crippen LogP contribution is 2.52. The number of carbonyl (C=O) groups is 3. The Kier molecular flexibility index (Phi) is 18.5. The Labute approximate surface area is 342 Å². The number of nitrogens with one attached hydrogen (secondary N) is 1. The lowest BCUT2D eigenvalue weighted by atomic mass is 9.66. The zero-order valence-corrected chi connectivity index (χ0v) is 38.4. The molecule has 3 saturated heterocycles. The van der Waals surface area contributed by atoms with Gasteiger partial charge in [-0.1, -0.05) is 26.7 Å². The number of aliphatic carboxylic acids is 1. The Hall–Kier alpha value is -0.435. The van der Waals surface area contributed by atoms with Gasteiger partial charge < -0.3 is 43.8 Å². The van der Waals surface area contributed by atoms with E-state index in [9.17, 15) is 24.6 Å². The summed E-state index contributed by atoms with van der Waals surface area (Å²) in [4.78, 5) is 39.0. The van der Waals surface area contributed by atoms with Crippen molar-refractivity contribution in [3.8, 4) is 0 Å². The number of likely N-dealkylation sites (tertiary alicyclic amines) is 1. The first-order valence-electron chi connectivity index (χ1n) is 17.8. The van der Waals surface area contributed by atoms with Gasteiger partial charge in [-0.05, 0) is 87.8 Å². The third kappa shape index (κ3) is 11.8. The van der Waals surface area contributed by atoms with E-state index < -0.39 is 70.0 Å². The van der Waals surface area contributed by atoms with Gasteiger partial charge in [0.15, 0.2) is 0 Å². The number of hydrogen-bond donors (Lipinski definition) is 5. The number of carbonyl (C=O) groups excluding carboxylic acids is 2. The molecule has 20 heteroatoms. The van der Waals surface area contributed by atoms with E-state index in [-0.39, 0.29) is 35.8 Å². The van der Waals surface area contributed by atoms with Crippen LogP contribution >= 0.6 is 47.3 Å². The fourth-order valence-electron chi connectivity index (χ4n) is 7.20. The number of esters is 1. The fraction of sp³-hybridized carbons (Fsp3) is 0.909. The van der Waals surface area contributed by atoms with Crippen molar-refractivity contribution in [1.82, 2.24) is 10.2 Å². The smallest absolute Gasteiger partial charge is 0.457 e. The number of carboxylic acids is 1. The number of methoxy groups -OCH3 is 2. The third-order valence-corrected chi connectivity index (χ3v) is 11.7. The number of halogens is 3. The summed E-state index contributed by atoms with van der Waals surface area (Å²) in [6.07, 6.45) is 1.39. The summed E-state index contributed by atoms with van der Waals surface area (Å²) in [5.41, 5.74) is -5.42. The average Bonchev–Trinajstić information content (AvgIpc) is 3.47. The molecule has 14 nitrogen and oxygen atoms in total. The van der Waals surface area contributed by atoms with Gasteiger partial charge in [-0.3, -0.25) is 15.0 Å². The van der Waals surface area contributed by atoms with Crippen LogP contribution in [0.4, 0.5) is 4.79 Å². The first kappa shape index (κ1) is 50.6. The molecule has 3 heterocycles. The molecular weight excluding hydrogens is 889 g/mol. The minimum Gasteiger partial charge on any atom is -0.480 e. The molecule has 53 heavy (non-hydrogen) atoms. The summed E-state index contributed by atoms with van der Waals surface area (Å²) in [5, 5.41) is 39.6. The quantitative estimate of drug-likeness (QED) is 0.133. The maximum absolute atomic E-state index is 13.1. The van der Waals surface area contributed by atoms with Crippen molar-refractivity contribution in [2.24, 2.45) is 10.8 Å². The zero-order valence-electron chi connectivity index (χ0n) is 33.7. The van der Waals surface area contributed by atoms with E-state index in [0.717, 1.165) is 6.42 Å². The summed E-state index contributed by atoms with van der Waals surface area (Å²) in [6.45, 7) is 21.0. The van der Waals surface area contributed by atoms with Gasteiger partial charge in [0.1, 0.15) is 16.7 Å². The fourth-order valence-corrected chi connectivity index (χ4v) is 7.20. The lowest BCUT2D eigenvalue weighted by Gasteiger charge is -2.44. The molecule has 1 amide bonds. The van der Waals surface area contributed by atoms with Crippen molar-refractivity contribution >= 4 is 82.7 Å². The Morgan fingerprint density at radius 2 is 1.42 bits per heavy atom. The van der Waals surface area contributed by atoms with Crippen LogP contribution in [-0.4, -0.2) is 128 Å². The molecule has 0 spiro atoms. The summed E-state index contributed by atoms with van der Waals surface area (Å²) < 4.78 is 29.1. The minimum atomic E-state index is -1.39. The Balaban J connectivity index is 0.000000558. The SMILES string of the molecule is BrB(Br)Br.COC(=O)[C@@]1(C)N(C(=O)OC(C)(C)C)C[C@H](OC)[C@@]1(C)CCCB1OC(C)(C)C(C)(C)O1.C[C@]1(C(=O)O)NC[C@H](O)[C@@]1(C)CCCB(O)O. The summed E-state index contributed by atoms with van der Waals surface area (Å²) in [6, 6.07) is 0. The number of ether oxygens (including phenoxy) is 3. The van der Waals surface area contributed by atoms with Crippen molar-refractivity contribution < 1.29 is 58.2 Å². The lowest BCUT2D eigenvalue weighted by Crippen LogP contribution is -2.60. The number of aliphatic hydroxyl groups excluding tert-OH is 1. The van der Waals surface area contributed by atoms with E-state index in [4.69, 9.17) is 33.6 Å². The molecule has 5 N–H and O–H groups in total. The second-order valence-corrected chi connectivity index (χ2v) is 23.2. The molecular formula is C33H62B3Br3N2O12. The van der Waals surface area contributed by atoms with E-state index in [1.165, 1.54) is 12.0 Å². The number of hydrogen-bond acceptors (Lipinski definition) is 12. The highest BCUT2D eigenvalue weighted by atomic mass is 79.9. The summed E-state index contributed by atoms with van der Waals surface area (Å²) >= 11 is 9.31. The van der Waals surface area contributed by atoms with Crippen LogP contribution < -0.4 is 5.32 Å². The topological polar surface area (TPSA) is 194 Å². The van der Waals surface area contributed by atoms with Crippen molar-refractivity contribution in [3.05, 3.63) is 0 Å². The number of amides is 1. The highest BCUT2D eigenvalue weighted by Gasteiger charge is 2.66. The van der Waals surface area contributed by atoms with Crippen LogP contribution in [0.25, 0.3) is 0 Å². The van der Waals surface area contributed by atoms with Crippen molar-refractivity contribution in [2.75, 3.05) is 27.3 Å². The van der Waals surface area contributed by atoms with Crippen LogP contribution in [-0.2, 0) is 33.1 Å². The minimum absolute atomic E-state index is 0.179. The first-order valence-corrected chi connectivity index (χ1v) is 20.6. The van der Waals surface area contributed by atoms with E-state index >= 15 is 0 Å². The molecule has 0 radical (unpaired) electrons. The van der Waals surface area contributed by atoms with Gasteiger partial charge in [-0.15, -0.1) is 47.3 Å². The van der Waals surface area contributed by atoms with Crippen molar-refractivity contribution in [2.45, 2.75) is 155 Å². The van der Waals surface area contributed by atoms with E-state index in [2.05, 4.69) is 52.6 Å². The van der Waals surface area contributed by atoms with Gasteiger partial charge in [0.05, 0.1) is 37.1 Å². The van der Waals surface area contributed by atoms with Crippen molar-refractivity contribution in [1.29, 1.82) is 0 Å². The largest absolute Gasteiger partial charge is 0.480 e. The Morgan fingerprint density at radius 1 is 0.925 bits per heavy atom. The average molecular weight is 951 g/mol. The van der Waals surface area contributed by atoms with E-state index in [1.807, 2.05) is 34.6 Å². The first-order chi connectivity index (χ1) is 23.9. The molecule has 3 rings (SSSR count). The molecule has 0 aromatic rings. The molecule has 0 bridgehead atoms. The van der Waals surface area contributed by atoms with E-state index in [0.29, 0.717) is 25.6 Å². The van der Waals surface area contributed by atoms with Gasteiger partial charge in [0.25, 0.3) is 0 Å². The number of nitrogens with zero attached hydrogens (tertiary/aromatic N) is 1. The normalized spacial score (nSPS) is 31.5. The standard InChI is InChI=1S/C23H42BNO7.C10H20BNO5.BBr3/c1-19(2,3)30-18(27)25-15-16(28-10)22(8,23(25,9)17(26)29-11)13-12-14-24-31-20(4,5)21(6,7)32-24;1-9(4-3-5-11(16)17)7(13)6-12-10(9,2)8(14)15;2-1(3)4/h16H,12-15H2,1-11H3;7,12-13,16-17H,3-6H2,1-2H3,(H,14,15);/t16-,22+,23+;7-,9+,10+;/m00./s1. The molecule has 3 aliphatic rings. The summed E-state index contributed by atoms with van der Waals surface area (Å²) in [5.74, 6) is -1.48. The number of rotatable bonds is 11. The molecule has 0 aromatic heterocycles. The van der Waals surface area contributed by atoms with Crippen LogP contribution in [0.5, 0.6) is 0 Å². The van der Waals surface area contributed by atoms with Gasteiger partial charge in [0.2, 0.25) is 0 Å². The molecule has 0 aliphatic carbocycles. The second-order valence-electron chi connectivity index (χ2n) is 16.7. The van der Waals surface area contributed by atoms with Crippen LogP contribution in [0, 0.1) is 10.8 Å². The number of β-amino-alcohol motifs (C(OH)–C–C–N with tert-alkyl or cyclic N) is 1. The molecule has 0 aromatic carbocycles. The molecule has 3 aliphatic heterocycles. The van der Waals surface area contributed by atoms with E-state index in [1.54, 1.807) is 48.7 Å². The Morgan fingerprint density at radius 3 is 1.83 bits per heavy atom.